The standard InChI is InChI=1S/C10H12F3NO/c1-2-9(14)15-8-4-3-6(10(12)13)5-7(8)11/h3-5,9-10H,2,14H2,1H3. The van der Waals surface area contributed by atoms with Crippen LogP contribution in [0.2, 0.25) is 0 Å². The summed E-state index contributed by atoms with van der Waals surface area (Å²) in [6.45, 7) is 1.77. The maximum absolute atomic E-state index is 13.2. The molecule has 0 spiro atoms. The van der Waals surface area contributed by atoms with Crippen molar-refractivity contribution in [2.24, 2.45) is 5.73 Å². The van der Waals surface area contributed by atoms with Gasteiger partial charge in [-0.05, 0) is 24.6 Å². The second-order valence-corrected chi connectivity index (χ2v) is 3.06. The molecule has 0 aliphatic rings. The van der Waals surface area contributed by atoms with Gasteiger partial charge in [0.15, 0.2) is 11.6 Å². The zero-order valence-electron chi connectivity index (χ0n) is 8.21. The van der Waals surface area contributed by atoms with Crippen LogP contribution in [0.3, 0.4) is 0 Å². The first kappa shape index (κ1) is 11.8. The normalized spacial score (nSPS) is 12.9. The first-order valence-electron chi connectivity index (χ1n) is 4.54. The van der Waals surface area contributed by atoms with Crippen molar-refractivity contribution in [1.29, 1.82) is 0 Å². The number of hydrogen-bond donors (Lipinski definition) is 1. The predicted octanol–water partition coefficient (Wildman–Crippen LogP) is 2.84. The molecule has 1 unspecified atom stereocenters. The fourth-order valence-corrected chi connectivity index (χ4v) is 0.995. The molecule has 1 rings (SSSR count). The SMILES string of the molecule is CCC(N)Oc1ccc(C(F)F)cc1F. The molecule has 0 bridgehead atoms. The van der Waals surface area contributed by atoms with E-state index in [2.05, 4.69) is 0 Å². The van der Waals surface area contributed by atoms with Gasteiger partial charge in [-0.2, -0.15) is 0 Å². The van der Waals surface area contributed by atoms with Crippen molar-refractivity contribution in [3.8, 4) is 5.75 Å². The summed E-state index contributed by atoms with van der Waals surface area (Å²) in [5, 5.41) is 0. The molecule has 0 amide bonds. The summed E-state index contributed by atoms with van der Waals surface area (Å²) in [4.78, 5) is 0. The summed E-state index contributed by atoms with van der Waals surface area (Å²) < 4.78 is 42.5. The van der Waals surface area contributed by atoms with E-state index in [0.717, 1.165) is 18.2 Å². The fourth-order valence-electron chi connectivity index (χ4n) is 0.995. The summed E-state index contributed by atoms with van der Waals surface area (Å²) in [5.41, 5.74) is 5.06. The summed E-state index contributed by atoms with van der Waals surface area (Å²) >= 11 is 0. The molecule has 1 atom stereocenters. The molecular formula is C10H12F3NO. The van der Waals surface area contributed by atoms with Crippen LogP contribution >= 0.6 is 0 Å². The van der Waals surface area contributed by atoms with Crippen molar-refractivity contribution in [1.82, 2.24) is 0 Å². The Morgan fingerprint density at radius 2 is 2.07 bits per heavy atom. The molecule has 5 heteroatoms. The maximum Gasteiger partial charge on any atom is 0.263 e. The lowest BCUT2D eigenvalue weighted by atomic mass is 10.2. The zero-order valence-corrected chi connectivity index (χ0v) is 8.21. The van der Waals surface area contributed by atoms with Gasteiger partial charge in [-0.1, -0.05) is 6.92 Å². The first-order valence-corrected chi connectivity index (χ1v) is 4.54. The van der Waals surface area contributed by atoms with E-state index in [1.807, 2.05) is 0 Å². The maximum atomic E-state index is 13.2. The third-order valence-electron chi connectivity index (χ3n) is 1.89. The van der Waals surface area contributed by atoms with Crippen LogP contribution in [0.1, 0.15) is 25.3 Å². The zero-order chi connectivity index (χ0) is 11.4. The van der Waals surface area contributed by atoms with Crippen LogP contribution in [0.4, 0.5) is 13.2 Å². The second-order valence-electron chi connectivity index (χ2n) is 3.06. The average Bonchev–Trinajstić information content (AvgIpc) is 2.20. The molecule has 0 radical (unpaired) electrons. The van der Waals surface area contributed by atoms with Crippen LogP contribution in [-0.2, 0) is 0 Å². The first-order chi connectivity index (χ1) is 7.04. The second kappa shape index (κ2) is 5.02. The molecule has 0 saturated heterocycles. The molecule has 0 fully saturated rings. The van der Waals surface area contributed by atoms with Crippen molar-refractivity contribution in [2.75, 3.05) is 0 Å². The number of ether oxygens (including phenoxy) is 1. The molecule has 2 N–H and O–H groups in total. The third-order valence-corrected chi connectivity index (χ3v) is 1.89. The van der Waals surface area contributed by atoms with E-state index in [1.165, 1.54) is 0 Å². The highest BCUT2D eigenvalue weighted by Crippen LogP contribution is 2.25. The van der Waals surface area contributed by atoms with Gasteiger partial charge in [0.2, 0.25) is 0 Å². The predicted molar refractivity (Wildman–Crippen MR) is 50.3 cm³/mol. The van der Waals surface area contributed by atoms with Gasteiger partial charge < -0.3 is 4.74 Å². The number of nitrogens with two attached hydrogens (primary N) is 1. The van der Waals surface area contributed by atoms with Crippen LogP contribution in [0.15, 0.2) is 18.2 Å². The molecule has 1 aromatic rings. The van der Waals surface area contributed by atoms with Crippen LogP contribution in [0.25, 0.3) is 0 Å². The van der Waals surface area contributed by atoms with E-state index in [9.17, 15) is 13.2 Å². The Bertz CT molecular complexity index is 330. The van der Waals surface area contributed by atoms with Crippen molar-refractivity contribution in [3.05, 3.63) is 29.6 Å². The summed E-state index contributed by atoms with van der Waals surface area (Å²) in [5.74, 6) is -0.926. The van der Waals surface area contributed by atoms with Crippen molar-refractivity contribution < 1.29 is 17.9 Å². The van der Waals surface area contributed by atoms with Crippen molar-refractivity contribution >= 4 is 0 Å². The summed E-state index contributed by atoms with van der Waals surface area (Å²) in [7, 11) is 0. The quantitative estimate of drug-likeness (QED) is 0.790. The van der Waals surface area contributed by atoms with Crippen LogP contribution in [-0.4, -0.2) is 6.23 Å². The Hall–Kier alpha value is -1.23. The minimum Gasteiger partial charge on any atom is -0.473 e. The average molecular weight is 219 g/mol. The Morgan fingerprint density at radius 1 is 1.40 bits per heavy atom. The smallest absolute Gasteiger partial charge is 0.263 e. The summed E-state index contributed by atoms with van der Waals surface area (Å²) in [6, 6.07) is 3.03. The van der Waals surface area contributed by atoms with E-state index < -0.39 is 18.5 Å². The minimum atomic E-state index is -2.69. The Labute approximate surface area is 85.8 Å². The van der Waals surface area contributed by atoms with Crippen molar-refractivity contribution in [2.45, 2.75) is 26.0 Å². The van der Waals surface area contributed by atoms with Gasteiger partial charge in [0.1, 0.15) is 6.23 Å². The van der Waals surface area contributed by atoms with Crippen LogP contribution in [0.5, 0.6) is 5.75 Å². The molecule has 84 valence electrons. The highest BCUT2D eigenvalue weighted by Gasteiger charge is 2.12. The minimum absolute atomic E-state index is 0.103. The van der Waals surface area contributed by atoms with E-state index in [4.69, 9.17) is 10.5 Å². The molecule has 2 nitrogen and oxygen atoms in total. The molecule has 0 aliphatic carbocycles. The van der Waals surface area contributed by atoms with Gasteiger partial charge in [0.25, 0.3) is 6.43 Å². The molecular weight excluding hydrogens is 207 g/mol. The molecule has 15 heavy (non-hydrogen) atoms. The Kier molecular flexibility index (Phi) is 3.96. The lowest BCUT2D eigenvalue weighted by molar-refractivity contribution is 0.150. The van der Waals surface area contributed by atoms with Gasteiger partial charge in [0, 0.05) is 5.56 Å². The molecule has 0 aromatic heterocycles. The number of hydrogen-bond acceptors (Lipinski definition) is 2. The van der Waals surface area contributed by atoms with Gasteiger partial charge in [-0.25, -0.2) is 13.2 Å². The lowest BCUT2D eigenvalue weighted by Gasteiger charge is -2.13. The van der Waals surface area contributed by atoms with Gasteiger partial charge in [-0.15, -0.1) is 0 Å². The van der Waals surface area contributed by atoms with Gasteiger partial charge in [0.05, 0.1) is 0 Å². The molecule has 1 aromatic carbocycles. The fraction of sp³-hybridized carbons (Fsp3) is 0.400. The van der Waals surface area contributed by atoms with E-state index in [1.54, 1.807) is 6.92 Å². The van der Waals surface area contributed by atoms with E-state index >= 15 is 0 Å². The molecule has 0 aliphatic heterocycles. The number of halogens is 3. The van der Waals surface area contributed by atoms with Crippen molar-refractivity contribution in [3.63, 3.8) is 0 Å². The molecule has 0 saturated carbocycles. The monoisotopic (exact) mass is 219 g/mol. The molecule has 0 heterocycles. The Morgan fingerprint density at radius 3 is 2.53 bits per heavy atom. The highest BCUT2D eigenvalue weighted by atomic mass is 19.3. The Balaban J connectivity index is 2.83. The number of benzene rings is 1. The number of rotatable bonds is 4. The largest absolute Gasteiger partial charge is 0.473 e. The highest BCUT2D eigenvalue weighted by molar-refractivity contribution is 5.30. The lowest BCUT2D eigenvalue weighted by Crippen LogP contribution is -2.26. The van der Waals surface area contributed by atoms with Gasteiger partial charge >= 0.3 is 0 Å². The van der Waals surface area contributed by atoms with Gasteiger partial charge in [-0.3, -0.25) is 5.73 Å². The van der Waals surface area contributed by atoms with Crippen LogP contribution in [0, 0.1) is 5.82 Å². The summed E-state index contributed by atoms with van der Waals surface area (Å²) in [6.07, 6.45) is -2.80. The third kappa shape index (κ3) is 3.13. The number of alkyl halides is 2. The van der Waals surface area contributed by atoms with E-state index in [-0.39, 0.29) is 11.3 Å². The van der Waals surface area contributed by atoms with Crippen LogP contribution < -0.4 is 10.5 Å². The topological polar surface area (TPSA) is 35.2 Å². The van der Waals surface area contributed by atoms with E-state index in [0.29, 0.717) is 6.42 Å².